The molecule has 0 atom stereocenters. The predicted molar refractivity (Wildman–Crippen MR) is 64.5 cm³/mol. The Morgan fingerprint density at radius 1 is 1.00 bits per heavy atom. The lowest BCUT2D eigenvalue weighted by Crippen LogP contribution is -1.78. The van der Waals surface area contributed by atoms with E-state index < -0.39 is 0 Å². The van der Waals surface area contributed by atoms with Gasteiger partial charge in [-0.25, -0.2) is 0 Å². The van der Waals surface area contributed by atoms with Crippen LogP contribution in [0.25, 0.3) is 6.08 Å². The van der Waals surface area contributed by atoms with Crippen molar-refractivity contribution >= 4 is 6.08 Å². The van der Waals surface area contributed by atoms with Crippen LogP contribution < -0.4 is 0 Å². The Bertz CT molecular complexity index is 412. The van der Waals surface area contributed by atoms with Gasteiger partial charge in [0.2, 0.25) is 0 Å². The Balaban J connectivity index is 1.97. The van der Waals surface area contributed by atoms with Gasteiger partial charge in [-0.3, -0.25) is 0 Å². The highest BCUT2D eigenvalue weighted by Crippen LogP contribution is 2.04. The normalized spacial score (nSPS) is 10.7. The zero-order chi connectivity index (χ0) is 10.3. The Morgan fingerprint density at radius 3 is 2.60 bits per heavy atom. The summed E-state index contributed by atoms with van der Waals surface area (Å²) in [5, 5.41) is 0. The molecule has 0 aliphatic carbocycles. The molecule has 0 heteroatoms. The molecular formula is C15H13. The zero-order valence-corrected chi connectivity index (χ0v) is 8.56. The maximum atomic E-state index is 3.08. The molecule has 0 fully saturated rings. The topological polar surface area (TPSA) is 0 Å². The second kappa shape index (κ2) is 5.16. The lowest BCUT2D eigenvalue weighted by Gasteiger charge is -1.94. The first-order valence-corrected chi connectivity index (χ1v) is 5.12. The molecule has 2 rings (SSSR count). The fraction of sp³-hybridized carbons (Fsp3) is 0.0667. The van der Waals surface area contributed by atoms with Gasteiger partial charge in [0, 0.05) is 0 Å². The standard InChI is InChI=1S/C15H13/c1-3-8-14(9-4-1)12-7-13-15-10-5-2-6-11-15/h1-5,7-12H,13H2/b12-7+. The lowest BCUT2D eigenvalue weighted by molar-refractivity contribution is 1.28. The van der Waals surface area contributed by atoms with E-state index in [0.717, 1.165) is 6.42 Å². The van der Waals surface area contributed by atoms with Crippen molar-refractivity contribution in [1.29, 1.82) is 0 Å². The quantitative estimate of drug-likeness (QED) is 0.696. The summed E-state index contributed by atoms with van der Waals surface area (Å²) in [6, 6.07) is 21.5. The molecule has 0 spiro atoms. The van der Waals surface area contributed by atoms with Crippen LogP contribution in [0.4, 0.5) is 0 Å². The van der Waals surface area contributed by atoms with Gasteiger partial charge in [0.05, 0.1) is 0 Å². The number of hydrogen-bond acceptors (Lipinski definition) is 0. The first kappa shape index (κ1) is 9.72. The SMILES string of the molecule is [c]1cccc(C/C=C/c2ccccc2)c1. The molecule has 0 aliphatic rings. The lowest BCUT2D eigenvalue weighted by atomic mass is 10.1. The summed E-state index contributed by atoms with van der Waals surface area (Å²) in [7, 11) is 0. The zero-order valence-electron chi connectivity index (χ0n) is 8.56. The van der Waals surface area contributed by atoms with E-state index >= 15 is 0 Å². The number of benzene rings is 2. The van der Waals surface area contributed by atoms with Crippen LogP contribution in [0.3, 0.4) is 0 Å². The second-order valence-electron chi connectivity index (χ2n) is 3.43. The molecule has 0 saturated heterocycles. The van der Waals surface area contributed by atoms with Crippen LogP contribution in [0.1, 0.15) is 11.1 Å². The minimum atomic E-state index is 0.965. The Morgan fingerprint density at radius 2 is 1.87 bits per heavy atom. The van der Waals surface area contributed by atoms with E-state index in [4.69, 9.17) is 0 Å². The Labute approximate surface area is 90.9 Å². The molecule has 0 aliphatic heterocycles. The van der Waals surface area contributed by atoms with E-state index in [2.05, 4.69) is 48.6 Å². The van der Waals surface area contributed by atoms with Crippen molar-refractivity contribution in [2.75, 3.05) is 0 Å². The smallest absolute Gasteiger partial charge is 0.00939 e. The number of hydrogen-bond donors (Lipinski definition) is 0. The summed E-state index contributed by atoms with van der Waals surface area (Å²) < 4.78 is 0. The van der Waals surface area contributed by atoms with Crippen molar-refractivity contribution in [3.8, 4) is 0 Å². The fourth-order valence-corrected chi connectivity index (χ4v) is 1.45. The molecule has 0 saturated carbocycles. The van der Waals surface area contributed by atoms with Crippen LogP contribution in [0, 0.1) is 6.07 Å². The molecule has 0 N–H and O–H groups in total. The Kier molecular flexibility index (Phi) is 3.34. The third-order valence-corrected chi connectivity index (χ3v) is 2.23. The molecule has 0 nitrogen and oxygen atoms in total. The van der Waals surface area contributed by atoms with Crippen molar-refractivity contribution in [3.63, 3.8) is 0 Å². The molecule has 15 heavy (non-hydrogen) atoms. The Hall–Kier alpha value is -1.82. The van der Waals surface area contributed by atoms with Crippen LogP contribution in [0.2, 0.25) is 0 Å². The fourth-order valence-electron chi connectivity index (χ4n) is 1.45. The molecule has 0 amide bonds. The first-order chi connectivity index (χ1) is 7.45. The average Bonchev–Trinajstić information content (AvgIpc) is 2.32. The maximum absolute atomic E-state index is 3.08. The molecule has 2 aromatic rings. The van der Waals surface area contributed by atoms with Gasteiger partial charge in [-0.1, -0.05) is 66.7 Å². The van der Waals surface area contributed by atoms with Gasteiger partial charge >= 0.3 is 0 Å². The highest BCUT2D eigenvalue weighted by atomic mass is 13.9. The molecule has 2 aromatic carbocycles. The molecule has 1 radical (unpaired) electrons. The second-order valence-corrected chi connectivity index (χ2v) is 3.43. The van der Waals surface area contributed by atoms with E-state index in [-0.39, 0.29) is 0 Å². The van der Waals surface area contributed by atoms with E-state index in [1.54, 1.807) is 0 Å². The summed E-state index contributed by atoms with van der Waals surface area (Å²) in [4.78, 5) is 0. The molecule has 0 aromatic heterocycles. The van der Waals surface area contributed by atoms with Crippen LogP contribution in [-0.2, 0) is 6.42 Å². The van der Waals surface area contributed by atoms with Gasteiger partial charge in [-0.05, 0) is 23.6 Å². The summed E-state index contributed by atoms with van der Waals surface area (Å²) in [5.74, 6) is 0. The summed E-state index contributed by atoms with van der Waals surface area (Å²) in [6.07, 6.45) is 5.29. The van der Waals surface area contributed by atoms with Crippen molar-refractivity contribution in [2.45, 2.75) is 6.42 Å². The third-order valence-electron chi connectivity index (χ3n) is 2.23. The summed E-state index contributed by atoms with van der Waals surface area (Å²) in [5.41, 5.74) is 2.54. The van der Waals surface area contributed by atoms with Crippen LogP contribution >= 0.6 is 0 Å². The highest BCUT2D eigenvalue weighted by Gasteiger charge is 1.86. The van der Waals surface area contributed by atoms with Gasteiger partial charge in [-0.2, -0.15) is 0 Å². The molecule has 0 heterocycles. The van der Waals surface area contributed by atoms with Crippen LogP contribution in [0.15, 0.2) is 60.7 Å². The van der Waals surface area contributed by atoms with Crippen molar-refractivity contribution < 1.29 is 0 Å². The van der Waals surface area contributed by atoms with Gasteiger partial charge in [0.1, 0.15) is 0 Å². The monoisotopic (exact) mass is 193 g/mol. The highest BCUT2D eigenvalue weighted by molar-refractivity contribution is 5.49. The van der Waals surface area contributed by atoms with Gasteiger partial charge < -0.3 is 0 Å². The van der Waals surface area contributed by atoms with Gasteiger partial charge in [-0.15, -0.1) is 0 Å². The third kappa shape index (κ3) is 3.10. The van der Waals surface area contributed by atoms with Crippen molar-refractivity contribution in [3.05, 3.63) is 77.9 Å². The van der Waals surface area contributed by atoms with Gasteiger partial charge in [0.25, 0.3) is 0 Å². The average molecular weight is 193 g/mol. The minimum absolute atomic E-state index is 0.965. The number of allylic oxidation sites excluding steroid dienone is 1. The molecule has 73 valence electrons. The summed E-state index contributed by atoms with van der Waals surface area (Å²) in [6.45, 7) is 0. The van der Waals surface area contributed by atoms with Crippen molar-refractivity contribution in [1.82, 2.24) is 0 Å². The van der Waals surface area contributed by atoms with E-state index in [0.29, 0.717) is 0 Å². The van der Waals surface area contributed by atoms with Crippen molar-refractivity contribution in [2.24, 2.45) is 0 Å². The maximum Gasteiger partial charge on any atom is -0.00939 e. The van der Waals surface area contributed by atoms with Crippen LogP contribution in [0.5, 0.6) is 0 Å². The predicted octanol–water partition coefficient (Wildman–Crippen LogP) is 3.74. The van der Waals surface area contributed by atoms with Gasteiger partial charge in [0.15, 0.2) is 0 Å². The van der Waals surface area contributed by atoms with E-state index in [1.165, 1.54) is 11.1 Å². The molecule has 0 unspecified atom stereocenters. The number of rotatable bonds is 3. The minimum Gasteiger partial charge on any atom is -0.0795 e. The first-order valence-electron chi connectivity index (χ1n) is 5.12. The molecular weight excluding hydrogens is 180 g/mol. The summed E-state index contributed by atoms with van der Waals surface area (Å²) >= 11 is 0. The molecule has 0 bridgehead atoms. The van der Waals surface area contributed by atoms with Crippen LogP contribution in [-0.4, -0.2) is 0 Å². The van der Waals surface area contributed by atoms with E-state index in [9.17, 15) is 0 Å². The largest absolute Gasteiger partial charge is 0.0795 e. The van der Waals surface area contributed by atoms with E-state index in [1.807, 2.05) is 24.3 Å².